The molecule has 2 rings (SSSR count). The number of carbonyl (C=O) groups is 1. The number of carbonyl (C=O) groups excluding carboxylic acids is 1. The molecule has 1 fully saturated rings. The van der Waals surface area contributed by atoms with Gasteiger partial charge in [-0.15, -0.1) is 0 Å². The molecule has 0 spiro atoms. The van der Waals surface area contributed by atoms with E-state index in [9.17, 15) is 10.0 Å². The molecule has 22 heavy (non-hydrogen) atoms. The highest BCUT2D eigenvalue weighted by atomic mass is 16.6. The van der Waals surface area contributed by atoms with Gasteiger partial charge < -0.3 is 14.8 Å². The van der Waals surface area contributed by atoms with Gasteiger partial charge >= 0.3 is 6.09 Å². The minimum atomic E-state index is -0.526. The average Bonchev–Trinajstić information content (AvgIpc) is 2.45. The van der Waals surface area contributed by atoms with E-state index in [0.29, 0.717) is 25.2 Å². The van der Waals surface area contributed by atoms with Crippen LogP contribution in [0.5, 0.6) is 0 Å². The van der Waals surface area contributed by atoms with Crippen molar-refractivity contribution in [1.82, 2.24) is 9.88 Å². The van der Waals surface area contributed by atoms with E-state index < -0.39 is 5.60 Å². The van der Waals surface area contributed by atoms with Gasteiger partial charge in [-0.1, -0.05) is 11.2 Å². The van der Waals surface area contributed by atoms with E-state index in [4.69, 9.17) is 4.74 Å². The Bertz CT molecular complexity index is 578. The van der Waals surface area contributed by atoms with Crippen molar-refractivity contribution in [1.29, 1.82) is 0 Å². The molecule has 1 unspecified atom stereocenters. The van der Waals surface area contributed by atoms with Crippen LogP contribution >= 0.6 is 0 Å². The molecule has 0 saturated carbocycles. The summed E-state index contributed by atoms with van der Waals surface area (Å²) in [6.07, 6.45) is 1.91. The van der Waals surface area contributed by atoms with Crippen LogP contribution in [-0.2, 0) is 4.74 Å². The topological polar surface area (TPSA) is 75.0 Å². The van der Waals surface area contributed by atoms with Gasteiger partial charge in [0.2, 0.25) is 0 Å². The number of aryl methyl sites for hydroxylation is 1. The van der Waals surface area contributed by atoms with E-state index in [-0.39, 0.29) is 12.0 Å². The molecule has 6 heteroatoms. The quantitative estimate of drug-likeness (QED) is 0.639. The SMILES string of the molecule is Cc1ncccc1C1CN(C(=O)OC(C)(C)C)CC/C1=N\O. The molecule has 120 valence electrons. The fourth-order valence-electron chi connectivity index (χ4n) is 2.60. The number of likely N-dealkylation sites (tertiary alicyclic amines) is 1. The highest BCUT2D eigenvalue weighted by molar-refractivity contribution is 5.92. The first kappa shape index (κ1) is 16.3. The van der Waals surface area contributed by atoms with Crippen molar-refractivity contribution in [3.05, 3.63) is 29.6 Å². The number of nitrogens with zero attached hydrogens (tertiary/aromatic N) is 3. The molecule has 0 aliphatic carbocycles. The molecule has 0 aromatic carbocycles. The number of piperidine rings is 1. The highest BCUT2D eigenvalue weighted by Crippen LogP contribution is 2.27. The van der Waals surface area contributed by atoms with Crippen molar-refractivity contribution in [2.24, 2.45) is 5.16 Å². The summed E-state index contributed by atoms with van der Waals surface area (Å²) in [5.74, 6) is -0.153. The molecular weight excluding hydrogens is 282 g/mol. The number of rotatable bonds is 1. The van der Waals surface area contributed by atoms with Crippen LogP contribution in [0.2, 0.25) is 0 Å². The zero-order chi connectivity index (χ0) is 16.3. The van der Waals surface area contributed by atoms with Gasteiger partial charge in [-0.05, 0) is 39.3 Å². The number of ether oxygens (including phenoxy) is 1. The van der Waals surface area contributed by atoms with Crippen LogP contribution < -0.4 is 0 Å². The summed E-state index contributed by atoms with van der Waals surface area (Å²) < 4.78 is 5.43. The van der Waals surface area contributed by atoms with Crippen LogP contribution in [0.3, 0.4) is 0 Å². The third-order valence-electron chi connectivity index (χ3n) is 3.65. The summed E-state index contributed by atoms with van der Waals surface area (Å²) in [6, 6.07) is 3.81. The lowest BCUT2D eigenvalue weighted by atomic mass is 9.88. The second-order valence-corrected chi connectivity index (χ2v) is 6.50. The Balaban J connectivity index is 2.21. The molecule has 1 amide bonds. The molecule has 1 saturated heterocycles. The number of amides is 1. The van der Waals surface area contributed by atoms with Crippen LogP contribution in [0.4, 0.5) is 4.79 Å². The average molecular weight is 305 g/mol. The standard InChI is InChI=1S/C16H23N3O3/c1-11-12(6-5-8-17-11)13-10-19(9-7-14(13)18-21)15(20)22-16(2,3)4/h5-6,8,13,21H,7,9-10H2,1-4H3/b18-14+. The van der Waals surface area contributed by atoms with Crippen molar-refractivity contribution in [3.63, 3.8) is 0 Å². The van der Waals surface area contributed by atoms with Crippen molar-refractivity contribution in [2.75, 3.05) is 13.1 Å². The second kappa shape index (κ2) is 6.34. The lowest BCUT2D eigenvalue weighted by Gasteiger charge is -2.35. The first-order valence-corrected chi connectivity index (χ1v) is 7.42. The van der Waals surface area contributed by atoms with Gasteiger partial charge in [0.1, 0.15) is 5.60 Å². The maximum atomic E-state index is 12.3. The molecule has 1 aliphatic heterocycles. The highest BCUT2D eigenvalue weighted by Gasteiger charge is 2.33. The number of hydrogen-bond acceptors (Lipinski definition) is 5. The normalized spacial score (nSPS) is 21.0. The third kappa shape index (κ3) is 3.75. The van der Waals surface area contributed by atoms with E-state index in [1.807, 2.05) is 39.8 Å². The Morgan fingerprint density at radius 1 is 1.50 bits per heavy atom. The number of pyridine rings is 1. The van der Waals surface area contributed by atoms with Crippen LogP contribution in [0, 0.1) is 6.92 Å². The molecular formula is C16H23N3O3. The second-order valence-electron chi connectivity index (χ2n) is 6.50. The molecule has 1 aromatic rings. The van der Waals surface area contributed by atoms with Crippen molar-refractivity contribution in [3.8, 4) is 0 Å². The molecule has 1 aromatic heterocycles. The molecule has 1 aliphatic rings. The predicted octanol–water partition coefficient (Wildman–Crippen LogP) is 2.94. The fraction of sp³-hybridized carbons (Fsp3) is 0.562. The first-order chi connectivity index (χ1) is 10.3. The maximum absolute atomic E-state index is 12.3. The molecule has 6 nitrogen and oxygen atoms in total. The largest absolute Gasteiger partial charge is 0.444 e. The van der Waals surface area contributed by atoms with Gasteiger partial charge in [-0.2, -0.15) is 0 Å². The van der Waals surface area contributed by atoms with Crippen LogP contribution in [-0.4, -0.2) is 45.6 Å². The zero-order valence-electron chi connectivity index (χ0n) is 13.5. The Hall–Kier alpha value is -2.11. The summed E-state index contributed by atoms with van der Waals surface area (Å²) in [7, 11) is 0. The van der Waals surface area contributed by atoms with E-state index in [1.165, 1.54) is 0 Å². The Morgan fingerprint density at radius 3 is 2.82 bits per heavy atom. The monoisotopic (exact) mass is 305 g/mol. The molecule has 1 N–H and O–H groups in total. The van der Waals surface area contributed by atoms with Crippen LogP contribution in [0.25, 0.3) is 0 Å². The van der Waals surface area contributed by atoms with Gasteiger partial charge in [-0.3, -0.25) is 4.98 Å². The Labute approximate surface area is 130 Å². The van der Waals surface area contributed by atoms with E-state index in [2.05, 4.69) is 10.1 Å². The summed E-state index contributed by atoms with van der Waals surface area (Å²) in [4.78, 5) is 18.2. The first-order valence-electron chi connectivity index (χ1n) is 7.42. The number of oxime groups is 1. The van der Waals surface area contributed by atoms with Gasteiger partial charge in [0.15, 0.2) is 0 Å². The lowest BCUT2D eigenvalue weighted by molar-refractivity contribution is 0.0238. The van der Waals surface area contributed by atoms with E-state index in [1.54, 1.807) is 11.1 Å². The smallest absolute Gasteiger partial charge is 0.410 e. The Morgan fingerprint density at radius 2 is 2.23 bits per heavy atom. The maximum Gasteiger partial charge on any atom is 0.410 e. The molecule has 0 bridgehead atoms. The third-order valence-corrected chi connectivity index (χ3v) is 3.65. The Kier molecular flexibility index (Phi) is 4.68. The van der Waals surface area contributed by atoms with E-state index in [0.717, 1.165) is 11.3 Å². The van der Waals surface area contributed by atoms with Crippen LogP contribution in [0.15, 0.2) is 23.5 Å². The predicted molar refractivity (Wildman–Crippen MR) is 83.4 cm³/mol. The summed E-state index contributed by atoms with van der Waals surface area (Å²) in [6.45, 7) is 8.37. The summed E-state index contributed by atoms with van der Waals surface area (Å²) in [5, 5.41) is 12.7. The molecule has 2 heterocycles. The van der Waals surface area contributed by atoms with Gasteiger partial charge in [-0.25, -0.2) is 4.79 Å². The number of hydrogen-bond donors (Lipinski definition) is 1. The molecule has 0 radical (unpaired) electrons. The van der Waals surface area contributed by atoms with Gasteiger partial charge in [0.25, 0.3) is 0 Å². The minimum Gasteiger partial charge on any atom is -0.444 e. The van der Waals surface area contributed by atoms with Crippen molar-refractivity contribution in [2.45, 2.75) is 45.6 Å². The molecule has 1 atom stereocenters. The fourth-order valence-corrected chi connectivity index (χ4v) is 2.60. The summed E-state index contributed by atoms with van der Waals surface area (Å²) in [5.41, 5.74) is 2.00. The van der Waals surface area contributed by atoms with E-state index >= 15 is 0 Å². The van der Waals surface area contributed by atoms with Crippen molar-refractivity contribution >= 4 is 11.8 Å². The van der Waals surface area contributed by atoms with Gasteiger partial charge in [0.05, 0.1) is 5.71 Å². The lowest BCUT2D eigenvalue weighted by Crippen LogP contribution is -2.45. The minimum absolute atomic E-state index is 0.153. The summed E-state index contributed by atoms with van der Waals surface area (Å²) >= 11 is 0. The van der Waals surface area contributed by atoms with Crippen molar-refractivity contribution < 1.29 is 14.7 Å². The zero-order valence-corrected chi connectivity index (χ0v) is 13.5. The van der Waals surface area contributed by atoms with Crippen LogP contribution in [0.1, 0.15) is 44.4 Å². The number of aromatic nitrogens is 1. The van der Waals surface area contributed by atoms with Gasteiger partial charge in [0, 0.05) is 37.3 Å².